The van der Waals surface area contributed by atoms with Crippen LogP contribution in [0.4, 0.5) is 4.39 Å². The van der Waals surface area contributed by atoms with E-state index in [9.17, 15) is 4.39 Å². The molecule has 0 amide bonds. The molecule has 0 aliphatic rings. The molecular formula is C17H20FN. The van der Waals surface area contributed by atoms with Gasteiger partial charge in [0.25, 0.3) is 0 Å². The summed E-state index contributed by atoms with van der Waals surface area (Å²) in [4.78, 5) is 0. The summed E-state index contributed by atoms with van der Waals surface area (Å²) in [5.41, 5.74) is 9.62. The number of hydrogen-bond donors (Lipinski definition) is 1. The molecule has 19 heavy (non-hydrogen) atoms. The molecule has 0 heterocycles. The molecule has 0 saturated heterocycles. The molecule has 0 radical (unpaired) electrons. The number of nitrogens with two attached hydrogens (primary N) is 1. The normalized spacial score (nSPS) is 12.4. The SMILES string of the molecule is CCCc1cccc(-c2cc(C(C)N)ccc2F)c1. The van der Waals surface area contributed by atoms with E-state index in [1.807, 2.05) is 25.1 Å². The van der Waals surface area contributed by atoms with Gasteiger partial charge >= 0.3 is 0 Å². The predicted octanol–water partition coefficient (Wildman–Crippen LogP) is 4.46. The lowest BCUT2D eigenvalue weighted by atomic mass is 9.97. The molecule has 2 N–H and O–H groups in total. The number of benzene rings is 2. The smallest absolute Gasteiger partial charge is 0.131 e. The monoisotopic (exact) mass is 257 g/mol. The Hall–Kier alpha value is -1.67. The van der Waals surface area contributed by atoms with E-state index in [4.69, 9.17) is 5.73 Å². The van der Waals surface area contributed by atoms with E-state index in [1.54, 1.807) is 6.07 Å². The molecular weight excluding hydrogens is 237 g/mol. The summed E-state index contributed by atoms with van der Waals surface area (Å²) in [7, 11) is 0. The Morgan fingerprint density at radius 2 is 1.95 bits per heavy atom. The zero-order valence-electron chi connectivity index (χ0n) is 11.5. The summed E-state index contributed by atoms with van der Waals surface area (Å²) in [5.74, 6) is -0.196. The third-order valence-electron chi connectivity index (χ3n) is 3.29. The van der Waals surface area contributed by atoms with Crippen LogP contribution in [0, 0.1) is 5.82 Å². The van der Waals surface area contributed by atoms with Gasteiger partial charge in [-0.1, -0.05) is 43.7 Å². The molecule has 2 rings (SSSR count). The lowest BCUT2D eigenvalue weighted by Crippen LogP contribution is -2.05. The molecule has 0 aromatic heterocycles. The Balaban J connectivity index is 2.45. The van der Waals surface area contributed by atoms with Gasteiger partial charge in [0.1, 0.15) is 5.82 Å². The minimum atomic E-state index is -0.196. The zero-order chi connectivity index (χ0) is 13.8. The van der Waals surface area contributed by atoms with Gasteiger partial charge in [-0.15, -0.1) is 0 Å². The minimum Gasteiger partial charge on any atom is -0.324 e. The highest BCUT2D eigenvalue weighted by Crippen LogP contribution is 2.26. The fourth-order valence-electron chi connectivity index (χ4n) is 2.23. The zero-order valence-corrected chi connectivity index (χ0v) is 11.5. The minimum absolute atomic E-state index is 0.0850. The first-order chi connectivity index (χ1) is 9.11. The van der Waals surface area contributed by atoms with Crippen LogP contribution in [0.5, 0.6) is 0 Å². The van der Waals surface area contributed by atoms with Crippen molar-refractivity contribution in [3.63, 3.8) is 0 Å². The van der Waals surface area contributed by atoms with E-state index in [1.165, 1.54) is 11.6 Å². The number of halogens is 1. The topological polar surface area (TPSA) is 26.0 Å². The van der Waals surface area contributed by atoms with Crippen molar-refractivity contribution in [1.82, 2.24) is 0 Å². The van der Waals surface area contributed by atoms with Gasteiger partial charge in [0.15, 0.2) is 0 Å². The van der Waals surface area contributed by atoms with Crippen LogP contribution in [0.3, 0.4) is 0 Å². The fraction of sp³-hybridized carbons (Fsp3) is 0.294. The quantitative estimate of drug-likeness (QED) is 0.859. The van der Waals surface area contributed by atoms with Crippen LogP contribution in [0.2, 0.25) is 0 Å². The summed E-state index contributed by atoms with van der Waals surface area (Å²) in [6.45, 7) is 4.05. The van der Waals surface area contributed by atoms with Crippen molar-refractivity contribution >= 4 is 0 Å². The molecule has 0 spiro atoms. The predicted molar refractivity (Wildman–Crippen MR) is 78.4 cm³/mol. The van der Waals surface area contributed by atoms with Crippen molar-refractivity contribution in [3.8, 4) is 11.1 Å². The Morgan fingerprint density at radius 3 is 2.63 bits per heavy atom. The maximum atomic E-state index is 14.0. The molecule has 1 unspecified atom stereocenters. The Bertz CT molecular complexity index is 561. The van der Waals surface area contributed by atoms with Gasteiger partial charge in [0, 0.05) is 11.6 Å². The highest BCUT2D eigenvalue weighted by Gasteiger charge is 2.09. The summed E-state index contributed by atoms with van der Waals surface area (Å²) < 4.78 is 14.0. The summed E-state index contributed by atoms with van der Waals surface area (Å²) >= 11 is 0. The molecule has 0 fully saturated rings. The Labute approximate surface area is 114 Å². The van der Waals surface area contributed by atoms with E-state index in [0.29, 0.717) is 5.56 Å². The molecule has 0 bridgehead atoms. The van der Waals surface area contributed by atoms with Gasteiger partial charge in [-0.05, 0) is 42.2 Å². The lowest BCUT2D eigenvalue weighted by Gasteiger charge is -2.11. The molecule has 1 nitrogen and oxygen atoms in total. The fourth-order valence-corrected chi connectivity index (χ4v) is 2.23. The molecule has 0 aliphatic carbocycles. The van der Waals surface area contributed by atoms with Crippen molar-refractivity contribution < 1.29 is 4.39 Å². The van der Waals surface area contributed by atoms with E-state index in [2.05, 4.69) is 19.1 Å². The molecule has 0 aliphatic heterocycles. The first kappa shape index (κ1) is 13.8. The second-order valence-corrected chi connectivity index (χ2v) is 4.98. The van der Waals surface area contributed by atoms with E-state index >= 15 is 0 Å². The second-order valence-electron chi connectivity index (χ2n) is 4.98. The third kappa shape index (κ3) is 3.21. The van der Waals surface area contributed by atoms with Crippen molar-refractivity contribution in [1.29, 1.82) is 0 Å². The largest absolute Gasteiger partial charge is 0.324 e. The number of aryl methyl sites for hydroxylation is 1. The van der Waals surface area contributed by atoms with Crippen LogP contribution >= 0.6 is 0 Å². The molecule has 2 heteroatoms. The van der Waals surface area contributed by atoms with Crippen molar-refractivity contribution in [2.24, 2.45) is 5.73 Å². The van der Waals surface area contributed by atoms with Gasteiger partial charge in [-0.2, -0.15) is 0 Å². The molecule has 100 valence electrons. The van der Waals surface area contributed by atoms with Crippen LogP contribution in [-0.2, 0) is 6.42 Å². The number of rotatable bonds is 4. The van der Waals surface area contributed by atoms with Crippen LogP contribution in [-0.4, -0.2) is 0 Å². The van der Waals surface area contributed by atoms with E-state index in [0.717, 1.165) is 24.0 Å². The van der Waals surface area contributed by atoms with Crippen molar-refractivity contribution in [2.45, 2.75) is 32.7 Å². The molecule has 2 aromatic rings. The summed E-state index contributed by atoms with van der Waals surface area (Å²) in [6.07, 6.45) is 2.11. The molecule has 2 aromatic carbocycles. The van der Waals surface area contributed by atoms with Crippen LogP contribution in [0.15, 0.2) is 42.5 Å². The van der Waals surface area contributed by atoms with Crippen LogP contribution < -0.4 is 5.73 Å². The lowest BCUT2D eigenvalue weighted by molar-refractivity contribution is 0.629. The van der Waals surface area contributed by atoms with Crippen molar-refractivity contribution in [2.75, 3.05) is 0 Å². The average molecular weight is 257 g/mol. The van der Waals surface area contributed by atoms with Gasteiger partial charge in [-0.25, -0.2) is 4.39 Å². The standard InChI is InChI=1S/C17H20FN/c1-3-5-13-6-4-7-15(10-13)16-11-14(12(2)19)8-9-17(16)18/h4,6-12H,3,5,19H2,1-2H3. The number of hydrogen-bond acceptors (Lipinski definition) is 1. The van der Waals surface area contributed by atoms with Gasteiger partial charge < -0.3 is 5.73 Å². The maximum absolute atomic E-state index is 14.0. The third-order valence-corrected chi connectivity index (χ3v) is 3.29. The average Bonchev–Trinajstić information content (AvgIpc) is 2.39. The first-order valence-electron chi connectivity index (χ1n) is 6.76. The van der Waals surface area contributed by atoms with E-state index in [-0.39, 0.29) is 11.9 Å². The Morgan fingerprint density at radius 1 is 1.16 bits per heavy atom. The maximum Gasteiger partial charge on any atom is 0.131 e. The van der Waals surface area contributed by atoms with Crippen LogP contribution in [0.25, 0.3) is 11.1 Å². The highest BCUT2D eigenvalue weighted by atomic mass is 19.1. The first-order valence-corrected chi connectivity index (χ1v) is 6.76. The highest BCUT2D eigenvalue weighted by molar-refractivity contribution is 5.66. The second kappa shape index (κ2) is 5.98. The van der Waals surface area contributed by atoms with Gasteiger partial charge in [0.05, 0.1) is 0 Å². The van der Waals surface area contributed by atoms with Gasteiger partial charge in [-0.3, -0.25) is 0 Å². The van der Waals surface area contributed by atoms with Crippen LogP contribution in [0.1, 0.15) is 37.4 Å². The molecule has 1 atom stereocenters. The van der Waals surface area contributed by atoms with Crippen molar-refractivity contribution in [3.05, 3.63) is 59.4 Å². The van der Waals surface area contributed by atoms with Gasteiger partial charge in [0.2, 0.25) is 0 Å². The Kier molecular flexibility index (Phi) is 4.33. The summed E-state index contributed by atoms with van der Waals surface area (Å²) in [5, 5.41) is 0. The van der Waals surface area contributed by atoms with E-state index < -0.39 is 0 Å². The summed E-state index contributed by atoms with van der Waals surface area (Å²) in [6, 6.07) is 13.1. The molecule has 0 saturated carbocycles.